The average molecular weight is 794 g/mol. The van der Waals surface area contributed by atoms with Gasteiger partial charge in [-0.2, -0.15) is 0 Å². The smallest absolute Gasteiger partial charge is 0.164 e. The van der Waals surface area contributed by atoms with Crippen molar-refractivity contribution in [3.05, 3.63) is 212 Å². The first-order valence-corrected chi connectivity index (χ1v) is 20.7. The number of benzene rings is 9. The van der Waals surface area contributed by atoms with E-state index in [1.807, 2.05) is 30.3 Å². The van der Waals surface area contributed by atoms with Crippen molar-refractivity contribution in [1.29, 1.82) is 0 Å². The van der Waals surface area contributed by atoms with Crippen molar-refractivity contribution in [2.24, 2.45) is 0 Å². The molecule has 5 nitrogen and oxygen atoms in total. The van der Waals surface area contributed by atoms with Gasteiger partial charge in [-0.15, -0.1) is 0 Å². The second-order valence-electron chi connectivity index (χ2n) is 15.5. The molecule has 0 aliphatic carbocycles. The lowest BCUT2D eigenvalue weighted by Gasteiger charge is -2.12. The molecule has 12 rings (SSSR count). The van der Waals surface area contributed by atoms with Crippen LogP contribution in [0.3, 0.4) is 0 Å². The van der Waals surface area contributed by atoms with E-state index in [2.05, 4.69) is 182 Å². The molecule has 0 saturated heterocycles. The van der Waals surface area contributed by atoms with E-state index in [0.717, 1.165) is 105 Å². The largest absolute Gasteiger partial charge is 0.456 e. The molecule has 0 aliphatic heterocycles. The Kier molecular flexibility index (Phi) is 8.42. The van der Waals surface area contributed by atoms with Gasteiger partial charge in [0, 0.05) is 38.2 Å². The van der Waals surface area contributed by atoms with E-state index in [4.69, 9.17) is 23.8 Å². The van der Waals surface area contributed by atoms with E-state index in [0.29, 0.717) is 17.5 Å². The highest BCUT2D eigenvalue weighted by molar-refractivity contribution is 6.14. The van der Waals surface area contributed by atoms with Gasteiger partial charge < -0.3 is 8.83 Å². The average Bonchev–Trinajstić information content (AvgIpc) is 3.92. The van der Waals surface area contributed by atoms with Crippen LogP contribution in [0.2, 0.25) is 0 Å². The van der Waals surface area contributed by atoms with E-state index in [-0.39, 0.29) is 0 Å². The molecule has 62 heavy (non-hydrogen) atoms. The minimum atomic E-state index is 0.564. The van der Waals surface area contributed by atoms with Crippen molar-refractivity contribution in [2.45, 2.75) is 0 Å². The van der Waals surface area contributed by atoms with Crippen molar-refractivity contribution in [3.8, 4) is 78.7 Å². The fourth-order valence-corrected chi connectivity index (χ4v) is 8.75. The van der Waals surface area contributed by atoms with Crippen molar-refractivity contribution < 1.29 is 8.83 Å². The Balaban J connectivity index is 0.986. The lowest BCUT2D eigenvalue weighted by Crippen LogP contribution is -2.00. The van der Waals surface area contributed by atoms with Crippen LogP contribution in [0.25, 0.3) is 123 Å². The predicted molar refractivity (Wildman–Crippen MR) is 252 cm³/mol. The van der Waals surface area contributed by atoms with Gasteiger partial charge in [0.15, 0.2) is 17.5 Å². The Morgan fingerprint density at radius 1 is 0.242 bits per heavy atom. The molecule has 5 heteroatoms. The maximum atomic E-state index is 6.69. The lowest BCUT2D eigenvalue weighted by molar-refractivity contribution is 0.668. The third kappa shape index (κ3) is 6.23. The number of aromatic nitrogens is 3. The highest BCUT2D eigenvalue weighted by Crippen LogP contribution is 2.43. The molecule has 0 spiro atoms. The summed E-state index contributed by atoms with van der Waals surface area (Å²) in [5.41, 5.74) is 14.8. The van der Waals surface area contributed by atoms with Crippen molar-refractivity contribution in [1.82, 2.24) is 15.0 Å². The number of hydrogen-bond donors (Lipinski definition) is 0. The lowest BCUT2D eigenvalue weighted by atomic mass is 9.91. The Morgan fingerprint density at radius 2 is 0.677 bits per heavy atom. The van der Waals surface area contributed by atoms with Crippen LogP contribution >= 0.6 is 0 Å². The Bertz CT molecular complexity index is 3540. The number of para-hydroxylation sites is 1. The topological polar surface area (TPSA) is 65.0 Å². The summed E-state index contributed by atoms with van der Waals surface area (Å²) in [5, 5.41) is 4.30. The molecule has 0 radical (unpaired) electrons. The van der Waals surface area contributed by atoms with E-state index in [1.165, 1.54) is 0 Å². The maximum absolute atomic E-state index is 6.69. The Labute approximate surface area is 357 Å². The molecule has 0 atom stereocenters. The first kappa shape index (κ1) is 35.5. The monoisotopic (exact) mass is 793 g/mol. The molecule has 3 heterocycles. The maximum Gasteiger partial charge on any atom is 0.164 e. The molecule has 0 bridgehead atoms. The third-order valence-electron chi connectivity index (χ3n) is 11.8. The van der Waals surface area contributed by atoms with Gasteiger partial charge in [-0.25, -0.2) is 15.0 Å². The number of furan rings is 2. The van der Waals surface area contributed by atoms with Crippen LogP contribution in [0.5, 0.6) is 0 Å². The van der Waals surface area contributed by atoms with Crippen LogP contribution < -0.4 is 0 Å². The summed E-state index contributed by atoms with van der Waals surface area (Å²) < 4.78 is 13.0. The SMILES string of the molecule is c1ccc(-c2cccc(-c3nc(-c4cccc(-c5ccccc5)c4)nc(-c4ccc5c(c4)oc4cccc(-c6ccccc6-c6ccc7c(c6)oc6ccccc67)c45)n3)c2)cc1. The zero-order valence-electron chi connectivity index (χ0n) is 33.4. The van der Waals surface area contributed by atoms with Gasteiger partial charge in [-0.05, 0) is 93.0 Å². The highest BCUT2D eigenvalue weighted by atomic mass is 16.3. The number of rotatable bonds is 7. The fourth-order valence-electron chi connectivity index (χ4n) is 8.75. The van der Waals surface area contributed by atoms with Gasteiger partial charge >= 0.3 is 0 Å². The highest BCUT2D eigenvalue weighted by Gasteiger charge is 2.19. The van der Waals surface area contributed by atoms with Crippen LogP contribution in [0.15, 0.2) is 221 Å². The molecular weight excluding hydrogens is 759 g/mol. The zero-order valence-corrected chi connectivity index (χ0v) is 33.4. The summed E-state index contributed by atoms with van der Waals surface area (Å²) in [6.07, 6.45) is 0. The number of fused-ring (bicyclic) bond motifs is 6. The Morgan fingerprint density at radius 3 is 1.37 bits per heavy atom. The fraction of sp³-hybridized carbons (Fsp3) is 0. The minimum Gasteiger partial charge on any atom is -0.456 e. The van der Waals surface area contributed by atoms with Crippen LogP contribution in [0, 0.1) is 0 Å². The second kappa shape index (κ2) is 14.7. The summed E-state index contributed by atoms with van der Waals surface area (Å²) in [6.45, 7) is 0. The second-order valence-corrected chi connectivity index (χ2v) is 15.5. The predicted octanol–water partition coefficient (Wildman–Crippen LogP) is 15.3. The quantitative estimate of drug-likeness (QED) is 0.161. The molecule has 0 unspecified atom stereocenters. The van der Waals surface area contributed by atoms with Crippen LogP contribution in [0.1, 0.15) is 0 Å². The van der Waals surface area contributed by atoms with E-state index in [1.54, 1.807) is 0 Å². The molecule has 290 valence electrons. The van der Waals surface area contributed by atoms with Crippen molar-refractivity contribution in [2.75, 3.05) is 0 Å². The summed E-state index contributed by atoms with van der Waals surface area (Å²) in [5.74, 6) is 1.75. The normalized spacial score (nSPS) is 11.5. The van der Waals surface area contributed by atoms with Gasteiger partial charge in [0.1, 0.15) is 22.3 Å². The summed E-state index contributed by atoms with van der Waals surface area (Å²) >= 11 is 0. The Hall–Kier alpha value is -8.41. The molecular formula is C57H35N3O2. The summed E-state index contributed by atoms with van der Waals surface area (Å²) in [4.78, 5) is 15.4. The standard InChI is InChI=1S/C57H35N3O2/c1-3-14-36(15-4-1)38-18-11-20-41(32-38)55-58-56(42-21-12-19-39(33-42)37-16-5-2-6-17-37)60-57(59-55)43-29-31-49-53(35-43)62-51-27-13-25-48(54(49)51)45-23-8-7-22-44(45)40-28-30-47-46-24-9-10-26-50(46)61-52(47)34-40/h1-35H. The van der Waals surface area contributed by atoms with Crippen molar-refractivity contribution in [3.63, 3.8) is 0 Å². The first-order chi connectivity index (χ1) is 30.7. The first-order valence-electron chi connectivity index (χ1n) is 20.7. The molecule has 9 aromatic carbocycles. The third-order valence-corrected chi connectivity index (χ3v) is 11.8. The van der Waals surface area contributed by atoms with Crippen molar-refractivity contribution >= 4 is 43.9 Å². The van der Waals surface area contributed by atoms with Crippen LogP contribution in [-0.4, -0.2) is 15.0 Å². The minimum absolute atomic E-state index is 0.564. The van der Waals surface area contributed by atoms with Crippen LogP contribution in [-0.2, 0) is 0 Å². The summed E-state index contributed by atoms with van der Waals surface area (Å²) in [6, 6.07) is 73.4. The van der Waals surface area contributed by atoms with E-state index < -0.39 is 0 Å². The molecule has 3 aromatic heterocycles. The summed E-state index contributed by atoms with van der Waals surface area (Å²) in [7, 11) is 0. The molecule has 0 saturated carbocycles. The molecule has 0 amide bonds. The number of hydrogen-bond acceptors (Lipinski definition) is 5. The molecule has 0 aliphatic rings. The van der Waals surface area contributed by atoms with E-state index in [9.17, 15) is 0 Å². The van der Waals surface area contributed by atoms with Crippen LogP contribution in [0.4, 0.5) is 0 Å². The molecule has 12 aromatic rings. The molecule has 0 N–H and O–H groups in total. The number of nitrogens with zero attached hydrogens (tertiary/aromatic N) is 3. The zero-order chi connectivity index (χ0) is 41.0. The van der Waals surface area contributed by atoms with Gasteiger partial charge in [0.05, 0.1) is 0 Å². The van der Waals surface area contributed by atoms with Gasteiger partial charge in [-0.3, -0.25) is 0 Å². The van der Waals surface area contributed by atoms with Gasteiger partial charge in [0.25, 0.3) is 0 Å². The van der Waals surface area contributed by atoms with Gasteiger partial charge in [0.2, 0.25) is 0 Å². The van der Waals surface area contributed by atoms with Gasteiger partial charge in [-0.1, -0.05) is 164 Å². The van der Waals surface area contributed by atoms with E-state index >= 15 is 0 Å². The molecule has 0 fully saturated rings.